The summed E-state index contributed by atoms with van der Waals surface area (Å²) in [4.78, 5) is 19.8. The molecule has 1 aromatic heterocycles. The first-order chi connectivity index (χ1) is 9.54. The first-order valence-electron chi connectivity index (χ1n) is 6.10. The van der Waals surface area contributed by atoms with Crippen LogP contribution in [0.3, 0.4) is 0 Å². The van der Waals surface area contributed by atoms with E-state index in [1.54, 1.807) is 24.3 Å². The number of carbonyl (C=O) groups is 1. The summed E-state index contributed by atoms with van der Waals surface area (Å²) in [6, 6.07) is 6.89. The number of nitrogens with zero attached hydrogens (tertiary/aromatic N) is 2. The average molecular weight is 292 g/mol. The zero-order valence-electron chi connectivity index (χ0n) is 11.1. The highest BCUT2D eigenvalue weighted by Gasteiger charge is 2.07. The van der Waals surface area contributed by atoms with E-state index in [1.165, 1.54) is 12.4 Å². The van der Waals surface area contributed by atoms with Crippen LogP contribution in [0.5, 0.6) is 5.75 Å². The molecule has 1 N–H and O–H groups in total. The Morgan fingerprint density at radius 2 is 1.90 bits per heavy atom. The summed E-state index contributed by atoms with van der Waals surface area (Å²) >= 11 is 5.62. The number of nitrogens with one attached hydrogen (secondary N) is 1. The molecule has 0 aliphatic carbocycles. The summed E-state index contributed by atoms with van der Waals surface area (Å²) in [6.45, 7) is 3.89. The van der Waals surface area contributed by atoms with Crippen molar-refractivity contribution in [3.63, 3.8) is 0 Å². The van der Waals surface area contributed by atoms with Gasteiger partial charge in [-0.3, -0.25) is 4.79 Å². The van der Waals surface area contributed by atoms with Gasteiger partial charge in [-0.2, -0.15) is 0 Å². The minimum absolute atomic E-state index is 0.0963. The lowest BCUT2D eigenvalue weighted by molar-refractivity contribution is 0.102. The molecule has 0 fully saturated rings. The number of halogens is 1. The van der Waals surface area contributed by atoms with Gasteiger partial charge in [0, 0.05) is 5.56 Å². The average Bonchev–Trinajstić information content (AvgIpc) is 2.41. The number of hydrogen-bond donors (Lipinski definition) is 1. The Morgan fingerprint density at radius 3 is 2.45 bits per heavy atom. The van der Waals surface area contributed by atoms with Crippen LogP contribution < -0.4 is 10.1 Å². The molecule has 0 unspecified atom stereocenters. The molecule has 1 heterocycles. The summed E-state index contributed by atoms with van der Waals surface area (Å²) in [6.07, 6.45) is 2.87. The van der Waals surface area contributed by atoms with Gasteiger partial charge in [0.25, 0.3) is 5.91 Å². The van der Waals surface area contributed by atoms with Gasteiger partial charge in [-0.25, -0.2) is 9.97 Å². The summed E-state index contributed by atoms with van der Waals surface area (Å²) in [7, 11) is 0. The van der Waals surface area contributed by atoms with Crippen molar-refractivity contribution < 1.29 is 9.53 Å². The third-order valence-electron chi connectivity index (χ3n) is 2.35. The minimum Gasteiger partial charge on any atom is -0.491 e. The van der Waals surface area contributed by atoms with Crippen LogP contribution in [0.25, 0.3) is 0 Å². The van der Waals surface area contributed by atoms with Gasteiger partial charge >= 0.3 is 0 Å². The molecule has 0 aliphatic heterocycles. The molecule has 1 amide bonds. The number of benzene rings is 1. The van der Waals surface area contributed by atoms with Crippen molar-refractivity contribution in [3.05, 3.63) is 47.4 Å². The molecule has 2 rings (SSSR count). The maximum absolute atomic E-state index is 12.0. The van der Waals surface area contributed by atoms with Crippen LogP contribution in [-0.2, 0) is 0 Å². The Labute approximate surface area is 122 Å². The van der Waals surface area contributed by atoms with Crippen LogP contribution in [0.15, 0.2) is 36.7 Å². The second kappa shape index (κ2) is 6.34. The van der Waals surface area contributed by atoms with Crippen LogP contribution in [0, 0.1) is 0 Å². The summed E-state index contributed by atoms with van der Waals surface area (Å²) in [5, 5.41) is 2.91. The van der Waals surface area contributed by atoms with Gasteiger partial charge in [0.2, 0.25) is 0 Å². The highest BCUT2D eigenvalue weighted by atomic mass is 35.5. The molecule has 0 atom stereocenters. The number of rotatable bonds is 4. The van der Waals surface area contributed by atoms with Crippen molar-refractivity contribution in [1.29, 1.82) is 0 Å². The van der Waals surface area contributed by atoms with Gasteiger partial charge in [-0.1, -0.05) is 11.6 Å². The van der Waals surface area contributed by atoms with Crippen molar-refractivity contribution in [1.82, 2.24) is 9.97 Å². The molecule has 0 spiro atoms. The molecular formula is C14H14ClN3O2. The highest BCUT2D eigenvalue weighted by Crippen LogP contribution is 2.15. The zero-order valence-corrected chi connectivity index (χ0v) is 11.9. The molecule has 6 heteroatoms. The van der Waals surface area contributed by atoms with Gasteiger partial charge in [0.1, 0.15) is 10.9 Å². The molecule has 0 bridgehead atoms. The molecule has 104 valence electrons. The third kappa shape index (κ3) is 3.93. The number of ether oxygens (including phenoxy) is 1. The van der Waals surface area contributed by atoms with Crippen LogP contribution in [0.4, 0.5) is 5.82 Å². The second-order valence-corrected chi connectivity index (χ2v) is 4.76. The molecular weight excluding hydrogens is 278 g/mol. The Bertz CT molecular complexity index is 582. The maximum atomic E-state index is 12.0. The molecule has 1 aromatic carbocycles. The molecule has 0 saturated heterocycles. The van der Waals surface area contributed by atoms with E-state index in [-0.39, 0.29) is 17.2 Å². The summed E-state index contributed by atoms with van der Waals surface area (Å²) in [5.41, 5.74) is 0.512. The van der Waals surface area contributed by atoms with Gasteiger partial charge in [-0.05, 0) is 38.1 Å². The predicted octanol–water partition coefficient (Wildman–Crippen LogP) is 3.17. The Kier molecular flexibility index (Phi) is 4.53. The number of anilines is 1. The Hall–Kier alpha value is -2.14. The van der Waals surface area contributed by atoms with E-state index in [0.717, 1.165) is 5.75 Å². The lowest BCUT2D eigenvalue weighted by Crippen LogP contribution is -2.13. The fraction of sp³-hybridized carbons (Fsp3) is 0.214. The van der Waals surface area contributed by atoms with Crippen LogP contribution >= 0.6 is 11.6 Å². The monoisotopic (exact) mass is 291 g/mol. The second-order valence-electron chi connectivity index (χ2n) is 4.37. The third-order valence-corrected chi connectivity index (χ3v) is 2.55. The fourth-order valence-electron chi connectivity index (χ4n) is 1.52. The SMILES string of the molecule is CC(C)Oc1ccc(C(=O)Nc2cnc(Cl)cn2)cc1. The molecule has 0 radical (unpaired) electrons. The first-order valence-corrected chi connectivity index (χ1v) is 6.48. The number of aromatic nitrogens is 2. The van der Waals surface area contributed by atoms with E-state index in [2.05, 4.69) is 15.3 Å². The van der Waals surface area contributed by atoms with Crippen molar-refractivity contribution in [2.24, 2.45) is 0 Å². The van der Waals surface area contributed by atoms with Gasteiger partial charge in [0.05, 0.1) is 18.5 Å². The maximum Gasteiger partial charge on any atom is 0.256 e. The quantitative estimate of drug-likeness (QED) is 0.940. The van der Waals surface area contributed by atoms with E-state index in [4.69, 9.17) is 16.3 Å². The van der Waals surface area contributed by atoms with Gasteiger partial charge in [-0.15, -0.1) is 0 Å². The Morgan fingerprint density at radius 1 is 1.20 bits per heavy atom. The lowest BCUT2D eigenvalue weighted by Gasteiger charge is -2.10. The van der Waals surface area contributed by atoms with Crippen molar-refractivity contribution >= 4 is 23.3 Å². The molecule has 0 aliphatic rings. The predicted molar refractivity (Wildman–Crippen MR) is 77.2 cm³/mol. The largest absolute Gasteiger partial charge is 0.491 e. The number of hydrogen-bond acceptors (Lipinski definition) is 4. The molecule has 20 heavy (non-hydrogen) atoms. The van der Waals surface area contributed by atoms with Gasteiger partial charge in [0.15, 0.2) is 5.82 Å². The van der Waals surface area contributed by atoms with E-state index >= 15 is 0 Å². The molecule has 0 saturated carbocycles. The van der Waals surface area contributed by atoms with E-state index in [9.17, 15) is 4.79 Å². The van der Waals surface area contributed by atoms with Crippen LogP contribution in [0.2, 0.25) is 5.15 Å². The summed E-state index contributed by atoms with van der Waals surface area (Å²) in [5.74, 6) is 0.808. The summed E-state index contributed by atoms with van der Waals surface area (Å²) < 4.78 is 5.51. The smallest absolute Gasteiger partial charge is 0.256 e. The number of amides is 1. The van der Waals surface area contributed by atoms with Gasteiger partial charge < -0.3 is 10.1 Å². The highest BCUT2D eigenvalue weighted by molar-refractivity contribution is 6.29. The number of carbonyl (C=O) groups excluding carboxylic acids is 1. The molecule has 5 nitrogen and oxygen atoms in total. The Balaban J connectivity index is 2.03. The fourth-order valence-corrected chi connectivity index (χ4v) is 1.62. The van der Waals surface area contributed by atoms with E-state index in [0.29, 0.717) is 11.4 Å². The van der Waals surface area contributed by atoms with Crippen LogP contribution in [-0.4, -0.2) is 22.0 Å². The standard InChI is InChI=1S/C14H14ClN3O2/c1-9(2)20-11-5-3-10(4-6-11)14(19)18-13-8-16-12(15)7-17-13/h3-9H,1-2H3,(H,17,18,19). The zero-order chi connectivity index (χ0) is 14.5. The molecule has 2 aromatic rings. The first kappa shape index (κ1) is 14.3. The van der Waals surface area contributed by atoms with Crippen molar-refractivity contribution in [2.45, 2.75) is 20.0 Å². The normalized spacial score (nSPS) is 10.4. The topological polar surface area (TPSA) is 64.1 Å². The van der Waals surface area contributed by atoms with E-state index < -0.39 is 0 Å². The minimum atomic E-state index is -0.266. The van der Waals surface area contributed by atoms with E-state index in [1.807, 2.05) is 13.8 Å². The van der Waals surface area contributed by atoms with Crippen LogP contribution in [0.1, 0.15) is 24.2 Å². The van der Waals surface area contributed by atoms with Crippen molar-refractivity contribution in [2.75, 3.05) is 5.32 Å². The lowest BCUT2D eigenvalue weighted by atomic mass is 10.2. The van der Waals surface area contributed by atoms with Crippen molar-refractivity contribution in [3.8, 4) is 5.75 Å².